The largest absolute Gasteiger partial charge is 0.461 e. The van der Waals surface area contributed by atoms with E-state index in [1.807, 2.05) is 29.9 Å². The van der Waals surface area contributed by atoms with Crippen LogP contribution in [0, 0.1) is 3.95 Å². The molecule has 0 atom stereocenters. The molecule has 4 rings (SSSR count). The van der Waals surface area contributed by atoms with Crippen molar-refractivity contribution in [2.24, 2.45) is 0 Å². The summed E-state index contributed by atoms with van der Waals surface area (Å²) >= 11 is 6.92. The van der Waals surface area contributed by atoms with Crippen molar-refractivity contribution in [3.63, 3.8) is 0 Å². The van der Waals surface area contributed by atoms with Gasteiger partial charge in [0.25, 0.3) is 0 Å². The van der Waals surface area contributed by atoms with Gasteiger partial charge in [0, 0.05) is 36.9 Å². The van der Waals surface area contributed by atoms with Crippen molar-refractivity contribution < 1.29 is 9.21 Å². The molecule has 1 saturated carbocycles. The maximum Gasteiger partial charge on any atom is 0.225 e. The van der Waals surface area contributed by atoms with E-state index in [2.05, 4.69) is 23.0 Å². The van der Waals surface area contributed by atoms with Gasteiger partial charge < -0.3 is 4.42 Å². The minimum Gasteiger partial charge on any atom is -0.461 e. The minimum atomic E-state index is 0.0317. The number of carbonyl (C=O) groups excluding carboxylic acids is 1. The van der Waals surface area contributed by atoms with E-state index in [9.17, 15) is 4.79 Å². The number of anilines is 1. The number of carbonyl (C=O) groups is 1. The Labute approximate surface area is 173 Å². The molecule has 0 radical (unpaired) electrons. The van der Waals surface area contributed by atoms with Crippen molar-refractivity contribution in [3.05, 3.63) is 39.5 Å². The number of hydrogen-bond donors (Lipinski definition) is 0. The standard InChI is InChI=1S/C20H24N4O2S2/c1-4-17-16(15-7-5-6-8-18(15)26-17)11-22(3)12-23-20(27)28-19(21-23)24(13(2)25)14-9-10-14/h5-8,14H,4,9-12H2,1-3H3. The van der Waals surface area contributed by atoms with E-state index in [1.54, 1.807) is 11.8 Å². The van der Waals surface area contributed by atoms with Crippen LogP contribution in [-0.4, -0.2) is 33.7 Å². The monoisotopic (exact) mass is 416 g/mol. The first kappa shape index (κ1) is 19.3. The van der Waals surface area contributed by atoms with E-state index in [4.69, 9.17) is 16.6 Å². The van der Waals surface area contributed by atoms with Gasteiger partial charge >= 0.3 is 0 Å². The molecule has 0 N–H and O–H groups in total. The van der Waals surface area contributed by atoms with Gasteiger partial charge in [0.05, 0.1) is 6.67 Å². The molecule has 2 aromatic heterocycles. The Morgan fingerprint density at radius 2 is 2.14 bits per heavy atom. The highest BCUT2D eigenvalue weighted by Gasteiger charge is 2.34. The van der Waals surface area contributed by atoms with E-state index in [-0.39, 0.29) is 11.9 Å². The Bertz CT molecular complexity index is 1060. The number of fused-ring (bicyclic) bond motifs is 1. The zero-order chi connectivity index (χ0) is 19.8. The van der Waals surface area contributed by atoms with Gasteiger partial charge in [0.15, 0.2) is 3.95 Å². The molecule has 0 saturated heterocycles. The maximum atomic E-state index is 12.0. The molecule has 0 aliphatic heterocycles. The Hall–Kier alpha value is -2.03. The Balaban J connectivity index is 1.54. The molecule has 1 aliphatic carbocycles. The number of furan rings is 1. The number of nitrogens with zero attached hydrogens (tertiary/aromatic N) is 4. The molecule has 8 heteroatoms. The smallest absolute Gasteiger partial charge is 0.225 e. The summed E-state index contributed by atoms with van der Waals surface area (Å²) in [6.07, 6.45) is 2.94. The molecule has 1 amide bonds. The second-order valence-corrected chi connectivity index (χ2v) is 8.88. The lowest BCUT2D eigenvalue weighted by atomic mass is 10.1. The summed E-state index contributed by atoms with van der Waals surface area (Å²) < 4.78 is 8.50. The average Bonchev–Trinajstić information content (AvgIpc) is 3.33. The molecule has 0 spiro atoms. The summed E-state index contributed by atoms with van der Waals surface area (Å²) in [6, 6.07) is 8.44. The lowest BCUT2D eigenvalue weighted by molar-refractivity contribution is -0.116. The fourth-order valence-corrected chi connectivity index (χ4v) is 4.72. The first-order valence-electron chi connectivity index (χ1n) is 9.53. The minimum absolute atomic E-state index is 0.0317. The summed E-state index contributed by atoms with van der Waals surface area (Å²) in [5.74, 6) is 1.05. The van der Waals surface area contributed by atoms with Crippen LogP contribution in [-0.2, 0) is 24.4 Å². The number of para-hydroxylation sites is 1. The summed E-state index contributed by atoms with van der Waals surface area (Å²) in [5, 5.41) is 6.50. The second kappa shape index (κ2) is 7.77. The molecule has 3 aromatic rings. The molecule has 0 bridgehead atoms. The van der Waals surface area contributed by atoms with Gasteiger partial charge in [-0.1, -0.05) is 36.5 Å². The lowest BCUT2D eigenvalue weighted by Gasteiger charge is -2.18. The van der Waals surface area contributed by atoms with Gasteiger partial charge in [-0.25, -0.2) is 4.68 Å². The van der Waals surface area contributed by atoms with Gasteiger partial charge in [-0.05, 0) is 38.2 Å². The molecule has 1 fully saturated rings. The number of aryl methyl sites for hydroxylation is 1. The zero-order valence-electron chi connectivity index (χ0n) is 16.3. The van der Waals surface area contributed by atoms with Crippen LogP contribution >= 0.6 is 23.6 Å². The average molecular weight is 417 g/mol. The summed E-state index contributed by atoms with van der Waals surface area (Å²) in [4.78, 5) is 16.0. The van der Waals surface area contributed by atoms with E-state index in [0.29, 0.717) is 15.8 Å². The third kappa shape index (κ3) is 3.76. The van der Waals surface area contributed by atoms with E-state index < -0.39 is 0 Å². The van der Waals surface area contributed by atoms with E-state index >= 15 is 0 Å². The van der Waals surface area contributed by atoms with Crippen molar-refractivity contribution >= 4 is 45.6 Å². The predicted molar refractivity (Wildman–Crippen MR) is 114 cm³/mol. The number of benzene rings is 1. The molecular weight excluding hydrogens is 392 g/mol. The van der Waals surface area contributed by atoms with Gasteiger partial charge in [0.2, 0.25) is 11.0 Å². The van der Waals surface area contributed by atoms with Gasteiger partial charge in [-0.3, -0.25) is 14.6 Å². The van der Waals surface area contributed by atoms with Crippen molar-refractivity contribution in [1.29, 1.82) is 0 Å². The molecule has 148 valence electrons. The van der Waals surface area contributed by atoms with E-state index in [1.165, 1.54) is 16.9 Å². The Morgan fingerprint density at radius 1 is 1.39 bits per heavy atom. The highest BCUT2D eigenvalue weighted by molar-refractivity contribution is 7.73. The quantitative estimate of drug-likeness (QED) is 0.528. The van der Waals surface area contributed by atoms with Crippen molar-refractivity contribution in [2.75, 3.05) is 11.9 Å². The van der Waals surface area contributed by atoms with Crippen LogP contribution < -0.4 is 4.90 Å². The zero-order valence-corrected chi connectivity index (χ0v) is 18.0. The van der Waals surface area contributed by atoms with Gasteiger partial charge in [0.1, 0.15) is 11.3 Å². The number of aromatic nitrogens is 2. The molecule has 2 heterocycles. The third-order valence-corrected chi connectivity index (χ3v) is 6.27. The van der Waals surface area contributed by atoms with Crippen LogP contribution in [0.15, 0.2) is 28.7 Å². The van der Waals surface area contributed by atoms with Crippen molar-refractivity contribution in [3.8, 4) is 0 Å². The van der Waals surface area contributed by atoms with Crippen LogP contribution in [0.1, 0.15) is 38.0 Å². The molecular formula is C20H24N4O2S2. The lowest BCUT2D eigenvalue weighted by Crippen LogP contribution is -2.31. The van der Waals surface area contributed by atoms with Crippen LogP contribution in [0.3, 0.4) is 0 Å². The molecule has 1 aromatic carbocycles. The summed E-state index contributed by atoms with van der Waals surface area (Å²) in [6.45, 7) is 5.01. The Morgan fingerprint density at radius 3 is 2.82 bits per heavy atom. The highest BCUT2D eigenvalue weighted by Crippen LogP contribution is 2.33. The third-order valence-electron chi connectivity index (χ3n) is 4.96. The summed E-state index contributed by atoms with van der Waals surface area (Å²) in [7, 11) is 2.05. The molecule has 28 heavy (non-hydrogen) atoms. The van der Waals surface area contributed by atoms with Gasteiger partial charge in [-0.2, -0.15) is 0 Å². The van der Waals surface area contributed by atoms with Gasteiger partial charge in [-0.15, -0.1) is 5.10 Å². The van der Waals surface area contributed by atoms with Crippen LogP contribution in [0.25, 0.3) is 11.0 Å². The predicted octanol–water partition coefficient (Wildman–Crippen LogP) is 4.59. The van der Waals surface area contributed by atoms with E-state index in [0.717, 1.165) is 42.5 Å². The van der Waals surface area contributed by atoms with Crippen molar-refractivity contribution in [2.45, 2.75) is 52.4 Å². The first-order valence-corrected chi connectivity index (χ1v) is 10.8. The topological polar surface area (TPSA) is 54.5 Å². The maximum absolute atomic E-state index is 12.0. The number of rotatable bonds is 7. The van der Waals surface area contributed by atoms with Crippen LogP contribution in [0.2, 0.25) is 0 Å². The second-order valence-electron chi connectivity index (χ2n) is 7.28. The van der Waals surface area contributed by atoms with Crippen LogP contribution in [0.5, 0.6) is 0 Å². The van der Waals surface area contributed by atoms with Crippen molar-refractivity contribution in [1.82, 2.24) is 14.7 Å². The molecule has 0 unspecified atom stereocenters. The fourth-order valence-electron chi connectivity index (χ4n) is 3.52. The highest BCUT2D eigenvalue weighted by atomic mass is 32.1. The normalized spacial score (nSPS) is 14.1. The molecule has 6 nitrogen and oxygen atoms in total. The number of hydrogen-bond acceptors (Lipinski definition) is 6. The fraction of sp³-hybridized carbons (Fsp3) is 0.450. The number of amides is 1. The first-order chi connectivity index (χ1) is 13.5. The summed E-state index contributed by atoms with van der Waals surface area (Å²) in [5.41, 5.74) is 2.14. The molecule has 1 aliphatic rings. The Kier molecular flexibility index (Phi) is 5.35. The van der Waals surface area contributed by atoms with Crippen LogP contribution in [0.4, 0.5) is 5.13 Å². The SMILES string of the molecule is CCc1oc2ccccc2c1CN(C)Cn1nc(N(C(C)=O)C2CC2)sc1=S.